The van der Waals surface area contributed by atoms with Crippen molar-refractivity contribution in [2.24, 2.45) is 5.92 Å². The Morgan fingerprint density at radius 2 is 1.95 bits per heavy atom. The highest BCUT2D eigenvalue weighted by Crippen LogP contribution is 2.30. The summed E-state index contributed by atoms with van der Waals surface area (Å²) in [5.41, 5.74) is 0.624. The Morgan fingerprint density at radius 3 is 2.55 bits per heavy atom. The van der Waals surface area contributed by atoms with Gasteiger partial charge in [-0.1, -0.05) is 32.1 Å². The number of aromatic amines is 1. The van der Waals surface area contributed by atoms with Crippen LogP contribution < -0.4 is 0 Å². The molecule has 1 aromatic heterocycles. The van der Waals surface area contributed by atoms with Crippen molar-refractivity contribution in [3.63, 3.8) is 0 Å². The summed E-state index contributed by atoms with van der Waals surface area (Å²) in [6.45, 7) is 4.14. The second-order valence-electron chi connectivity index (χ2n) is 5.10. The predicted octanol–water partition coefficient (Wildman–Crippen LogP) is 4.75. The molecule has 0 saturated heterocycles. The van der Waals surface area contributed by atoms with E-state index in [0.29, 0.717) is 16.2 Å². The normalized spacial score (nSPS) is 12.1. The molecule has 2 rings (SSSR count). The summed E-state index contributed by atoms with van der Waals surface area (Å²) < 4.78 is 40.1. The number of nitrogens with zero attached hydrogens (tertiary/aromatic N) is 1. The van der Waals surface area contributed by atoms with Gasteiger partial charge < -0.3 is 0 Å². The summed E-state index contributed by atoms with van der Waals surface area (Å²) in [6, 6.07) is 6.90. The second-order valence-corrected chi connectivity index (χ2v) is 5.52. The van der Waals surface area contributed by atoms with Crippen LogP contribution in [0.25, 0.3) is 5.69 Å². The molecular weight excluding hydrogens is 285 g/mol. The first-order chi connectivity index (χ1) is 9.27. The SMILES string of the molecule is CC(C)Cc1cc(=S)n(-c2cccc(C(F)(F)F)c2)[nH]1. The van der Waals surface area contributed by atoms with Gasteiger partial charge in [-0.3, -0.25) is 5.10 Å². The minimum Gasteiger partial charge on any atom is -0.297 e. The highest BCUT2D eigenvalue weighted by Gasteiger charge is 2.30. The monoisotopic (exact) mass is 300 g/mol. The summed E-state index contributed by atoms with van der Waals surface area (Å²) in [5, 5.41) is 3.05. The molecule has 0 radical (unpaired) electrons. The Bertz CT molecular complexity index is 653. The van der Waals surface area contributed by atoms with Crippen molar-refractivity contribution in [2.75, 3.05) is 0 Å². The van der Waals surface area contributed by atoms with Crippen LogP contribution in [0.1, 0.15) is 25.1 Å². The Hall–Kier alpha value is -1.56. The fourth-order valence-corrected chi connectivity index (χ4v) is 2.30. The zero-order valence-electron chi connectivity index (χ0n) is 11.2. The lowest BCUT2D eigenvalue weighted by Gasteiger charge is -2.09. The van der Waals surface area contributed by atoms with Crippen molar-refractivity contribution >= 4 is 12.2 Å². The van der Waals surface area contributed by atoms with E-state index in [1.165, 1.54) is 10.7 Å². The summed E-state index contributed by atoms with van der Waals surface area (Å²) in [6.07, 6.45) is -3.55. The van der Waals surface area contributed by atoms with Gasteiger partial charge in [0.15, 0.2) is 0 Å². The van der Waals surface area contributed by atoms with E-state index in [1.807, 2.05) is 0 Å². The van der Waals surface area contributed by atoms with Gasteiger partial charge >= 0.3 is 6.18 Å². The van der Waals surface area contributed by atoms with Gasteiger partial charge in [0.05, 0.1) is 11.3 Å². The maximum atomic E-state index is 12.7. The average Bonchev–Trinajstić information content (AvgIpc) is 2.68. The molecule has 20 heavy (non-hydrogen) atoms. The van der Waals surface area contributed by atoms with E-state index in [2.05, 4.69) is 18.9 Å². The summed E-state index contributed by atoms with van der Waals surface area (Å²) in [7, 11) is 0. The molecule has 1 N–H and O–H groups in total. The molecule has 6 heteroatoms. The van der Waals surface area contributed by atoms with Crippen molar-refractivity contribution in [3.05, 3.63) is 46.2 Å². The first-order valence-electron chi connectivity index (χ1n) is 6.26. The average molecular weight is 300 g/mol. The quantitative estimate of drug-likeness (QED) is 0.811. The highest BCUT2D eigenvalue weighted by atomic mass is 32.1. The van der Waals surface area contributed by atoms with Crippen molar-refractivity contribution in [1.29, 1.82) is 0 Å². The Labute approximate surface area is 120 Å². The van der Waals surface area contributed by atoms with Crippen LogP contribution in [0.3, 0.4) is 0 Å². The molecule has 2 aromatic rings. The third kappa shape index (κ3) is 3.30. The molecule has 0 saturated carbocycles. The number of rotatable bonds is 3. The number of H-pyrrole nitrogens is 1. The molecule has 1 aromatic carbocycles. The molecule has 0 atom stereocenters. The van der Waals surface area contributed by atoms with Gasteiger partial charge in [-0.15, -0.1) is 0 Å². The number of hydrogen-bond donors (Lipinski definition) is 1. The lowest BCUT2D eigenvalue weighted by Crippen LogP contribution is -2.07. The van der Waals surface area contributed by atoms with Gasteiger partial charge in [0.1, 0.15) is 4.64 Å². The van der Waals surface area contributed by atoms with Crippen LogP contribution >= 0.6 is 12.2 Å². The maximum Gasteiger partial charge on any atom is 0.416 e. The van der Waals surface area contributed by atoms with Crippen LogP contribution in [0.5, 0.6) is 0 Å². The molecular formula is C14H15F3N2S. The van der Waals surface area contributed by atoms with Crippen molar-refractivity contribution < 1.29 is 13.2 Å². The molecule has 0 aliphatic carbocycles. The molecule has 0 fully saturated rings. The van der Waals surface area contributed by atoms with Gasteiger partial charge in [-0.25, -0.2) is 4.68 Å². The van der Waals surface area contributed by atoms with Crippen LogP contribution in [0, 0.1) is 10.6 Å². The summed E-state index contributed by atoms with van der Waals surface area (Å²) >= 11 is 5.19. The molecule has 2 nitrogen and oxygen atoms in total. The number of aromatic nitrogens is 2. The molecule has 0 spiro atoms. The molecule has 0 amide bonds. The summed E-state index contributed by atoms with van der Waals surface area (Å²) in [5.74, 6) is 0.443. The molecule has 0 bridgehead atoms. The van der Waals surface area contributed by atoms with Gasteiger partial charge in [0.2, 0.25) is 0 Å². The Morgan fingerprint density at radius 1 is 1.25 bits per heavy atom. The maximum absolute atomic E-state index is 12.7. The van der Waals surface area contributed by atoms with E-state index in [0.717, 1.165) is 24.2 Å². The zero-order chi connectivity index (χ0) is 14.9. The molecule has 108 valence electrons. The Balaban J connectivity index is 2.42. The van der Waals surface area contributed by atoms with Gasteiger partial charge in [0, 0.05) is 5.69 Å². The van der Waals surface area contributed by atoms with Crippen LogP contribution in [0.2, 0.25) is 0 Å². The van der Waals surface area contributed by atoms with Crippen LogP contribution in [-0.2, 0) is 12.6 Å². The first kappa shape index (κ1) is 14.8. The summed E-state index contributed by atoms with van der Waals surface area (Å²) in [4.78, 5) is 0. The van der Waals surface area contributed by atoms with Crippen LogP contribution in [0.15, 0.2) is 30.3 Å². The van der Waals surface area contributed by atoms with E-state index >= 15 is 0 Å². The smallest absolute Gasteiger partial charge is 0.297 e. The fourth-order valence-electron chi connectivity index (χ4n) is 2.00. The van der Waals surface area contributed by atoms with Crippen LogP contribution in [-0.4, -0.2) is 9.78 Å². The van der Waals surface area contributed by atoms with Crippen LogP contribution in [0.4, 0.5) is 13.2 Å². The largest absolute Gasteiger partial charge is 0.416 e. The standard InChI is InChI=1S/C14H15F3N2S/c1-9(2)6-11-8-13(20)19(18-11)12-5-3-4-10(7-12)14(15,16)17/h3-5,7-9,18H,6H2,1-2H3. The fraction of sp³-hybridized carbons (Fsp3) is 0.357. The zero-order valence-corrected chi connectivity index (χ0v) is 12.0. The van der Waals surface area contributed by atoms with Gasteiger partial charge in [0.25, 0.3) is 0 Å². The van der Waals surface area contributed by atoms with Crippen molar-refractivity contribution in [1.82, 2.24) is 9.78 Å². The van der Waals surface area contributed by atoms with E-state index in [1.54, 1.807) is 12.1 Å². The van der Waals surface area contributed by atoms with E-state index in [-0.39, 0.29) is 0 Å². The van der Waals surface area contributed by atoms with E-state index in [4.69, 9.17) is 12.2 Å². The number of benzene rings is 1. The Kier molecular flexibility index (Phi) is 4.04. The minimum absolute atomic E-state index is 0.389. The number of hydrogen-bond acceptors (Lipinski definition) is 1. The lowest BCUT2D eigenvalue weighted by atomic mass is 10.1. The predicted molar refractivity (Wildman–Crippen MR) is 74.5 cm³/mol. The topological polar surface area (TPSA) is 20.7 Å². The van der Waals surface area contributed by atoms with Gasteiger partial charge in [-0.2, -0.15) is 13.2 Å². The molecule has 0 aliphatic heterocycles. The van der Waals surface area contributed by atoms with E-state index in [9.17, 15) is 13.2 Å². The molecule has 0 aliphatic rings. The minimum atomic E-state index is -4.36. The lowest BCUT2D eigenvalue weighted by molar-refractivity contribution is -0.137. The highest BCUT2D eigenvalue weighted by molar-refractivity contribution is 7.71. The number of halogens is 3. The number of nitrogens with one attached hydrogen (secondary N) is 1. The third-order valence-electron chi connectivity index (χ3n) is 2.83. The molecule has 1 heterocycles. The van der Waals surface area contributed by atoms with E-state index < -0.39 is 11.7 Å². The van der Waals surface area contributed by atoms with Crippen molar-refractivity contribution in [3.8, 4) is 5.69 Å². The first-order valence-corrected chi connectivity index (χ1v) is 6.67. The van der Waals surface area contributed by atoms with Crippen molar-refractivity contribution in [2.45, 2.75) is 26.4 Å². The number of alkyl halides is 3. The molecule has 0 unspecified atom stereocenters. The second kappa shape index (κ2) is 5.44. The third-order valence-corrected chi connectivity index (χ3v) is 3.13. The van der Waals surface area contributed by atoms with Gasteiger partial charge in [-0.05, 0) is 36.6 Å².